The smallest absolute Gasteiger partial charge is 0.351 e. The molecule has 3 unspecified atom stereocenters. The lowest BCUT2D eigenvalue weighted by molar-refractivity contribution is -0.137. The Bertz CT molecular complexity index is 826. The summed E-state index contributed by atoms with van der Waals surface area (Å²) in [7, 11) is 0. The van der Waals surface area contributed by atoms with Crippen LogP contribution in [0.4, 0.5) is 13.2 Å². The molecule has 3 atom stereocenters. The lowest BCUT2D eigenvalue weighted by Crippen LogP contribution is -2.40. The number of nitrogens with one attached hydrogen (secondary N) is 2. The maximum absolute atomic E-state index is 12.7. The van der Waals surface area contributed by atoms with Crippen molar-refractivity contribution < 1.29 is 18.0 Å². The van der Waals surface area contributed by atoms with Crippen molar-refractivity contribution in [1.82, 2.24) is 10.6 Å². The number of unbranched alkanes of at least 4 members (excludes halogenated alkanes) is 1. The predicted octanol–water partition coefficient (Wildman–Crippen LogP) is 3.96. The van der Waals surface area contributed by atoms with E-state index >= 15 is 0 Å². The number of carbonyl (C=O) groups excluding carboxylic acids is 1. The average molecular weight is 419 g/mol. The van der Waals surface area contributed by atoms with Gasteiger partial charge in [0, 0.05) is 18.5 Å². The number of rotatable bonds is 10. The summed E-state index contributed by atoms with van der Waals surface area (Å²) in [4.78, 5) is 12.1. The van der Waals surface area contributed by atoms with Crippen LogP contribution in [0.2, 0.25) is 0 Å². The molecule has 1 aliphatic rings. The Kier molecular flexibility index (Phi) is 7.50. The molecular weight excluding hydrogens is 391 g/mol. The second-order valence-electron chi connectivity index (χ2n) is 7.83. The number of halogens is 3. The molecule has 0 saturated heterocycles. The Balaban J connectivity index is 1.29. The Labute approximate surface area is 175 Å². The van der Waals surface area contributed by atoms with Crippen LogP contribution in [0.3, 0.4) is 0 Å². The van der Waals surface area contributed by atoms with Gasteiger partial charge < -0.3 is 16.4 Å². The normalized spacial score (nSPS) is 19.3. The number of carbonyl (C=O) groups is 1. The van der Waals surface area contributed by atoms with E-state index in [1.165, 1.54) is 11.6 Å². The average Bonchev–Trinajstić information content (AvgIpc) is 3.51. The van der Waals surface area contributed by atoms with E-state index in [0.717, 1.165) is 37.9 Å². The maximum Gasteiger partial charge on any atom is 0.416 e. The van der Waals surface area contributed by atoms with Crippen molar-refractivity contribution in [3.63, 3.8) is 0 Å². The zero-order valence-corrected chi connectivity index (χ0v) is 16.8. The zero-order valence-electron chi connectivity index (χ0n) is 16.8. The third kappa shape index (κ3) is 6.57. The summed E-state index contributed by atoms with van der Waals surface area (Å²) < 4.78 is 38.2. The molecule has 0 aromatic heterocycles. The molecular formula is C23H28F3N3O. The van der Waals surface area contributed by atoms with Gasteiger partial charge in [0.25, 0.3) is 0 Å². The summed E-state index contributed by atoms with van der Waals surface area (Å²) in [6.45, 7) is 0.910. The van der Waals surface area contributed by atoms with Crippen LogP contribution in [-0.2, 0) is 17.5 Å². The largest absolute Gasteiger partial charge is 0.416 e. The summed E-state index contributed by atoms with van der Waals surface area (Å²) in [6, 6.07) is 15.2. The maximum atomic E-state index is 12.7. The van der Waals surface area contributed by atoms with Crippen LogP contribution < -0.4 is 16.4 Å². The zero-order chi connectivity index (χ0) is 21.6. The van der Waals surface area contributed by atoms with Crippen molar-refractivity contribution in [2.45, 2.75) is 56.4 Å². The van der Waals surface area contributed by atoms with Crippen molar-refractivity contribution in [1.29, 1.82) is 0 Å². The highest BCUT2D eigenvalue weighted by molar-refractivity contribution is 5.81. The molecule has 1 saturated carbocycles. The van der Waals surface area contributed by atoms with Crippen molar-refractivity contribution in [3.05, 3.63) is 71.3 Å². The lowest BCUT2D eigenvalue weighted by atomic mass is 10.1. The van der Waals surface area contributed by atoms with Crippen LogP contribution in [0.1, 0.15) is 48.3 Å². The first-order chi connectivity index (χ1) is 14.3. The fraction of sp³-hybridized carbons (Fsp3) is 0.435. The first-order valence-corrected chi connectivity index (χ1v) is 10.3. The van der Waals surface area contributed by atoms with Crippen molar-refractivity contribution in [2.24, 2.45) is 5.73 Å². The van der Waals surface area contributed by atoms with E-state index in [-0.39, 0.29) is 12.5 Å². The number of nitrogens with two attached hydrogens (primary N) is 1. The van der Waals surface area contributed by atoms with E-state index in [2.05, 4.69) is 34.9 Å². The molecule has 1 amide bonds. The topological polar surface area (TPSA) is 67.1 Å². The minimum Gasteiger partial charge on any atom is -0.351 e. The van der Waals surface area contributed by atoms with Gasteiger partial charge in [-0.25, -0.2) is 0 Å². The van der Waals surface area contributed by atoms with Crippen LogP contribution >= 0.6 is 0 Å². The third-order valence-electron chi connectivity index (χ3n) is 5.42. The predicted molar refractivity (Wildman–Crippen MR) is 111 cm³/mol. The van der Waals surface area contributed by atoms with Crippen LogP contribution in [-0.4, -0.2) is 24.5 Å². The molecule has 30 heavy (non-hydrogen) atoms. The first kappa shape index (κ1) is 22.3. The van der Waals surface area contributed by atoms with Gasteiger partial charge in [0.15, 0.2) is 0 Å². The van der Waals surface area contributed by atoms with E-state index in [1.807, 2.05) is 6.07 Å². The number of amides is 1. The highest BCUT2D eigenvalue weighted by atomic mass is 19.4. The number of hydrogen-bond donors (Lipinski definition) is 3. The van der Waals surface area contributed by atoms with Crippen LogP contribution in [0.5, 0.6) is 0 Å². The van der Waals surface area contributed by atoms with Crippen LogP contribution in [0.15, 0.2) is 54.6 Å². The van der Waals surface area contributed by atoms with E-state index in [0.29, 0.717) is 23.9 Å². The molecule has 0 spiro atoms. The van der Waals surface area contributed by atoms with Gasteiger partial charge in [-0.05, 0) is 49.1 Å². The standard InChI is InChI=1S/C23H28F3N3O/c24-23(25,26)18-10-6-7-16(13-18)15-29-22(30)20(27)11-4-5-12-28-21-14-19(21)17-8-2-1-3-9-17/h1-3,6-10,13,19-21,28H,4-5,11-12,14-15,27H2,(H,29,30). The Hall–Kier alpha value is -2.38. The SMILES string of the molecule is NC(CCCCNC1CC1c1ccccc1)C(=O)NCc1cccc(C(F)(F)F)c1. The molecule has 0 aliphatic heterocycles. The van der Waals surface area contributed by atoms with Gasteiger partial charge in [-0.15, -0.1) is 0 Å². The Morgan fingerprint density at radius 3 is 2.60 bits per heavy atom. The number of alkyl halides is 3. The molecule has 0 bridgehead atoms. The molecule has 2 aromatic rings. The fourth-order valence-corrected chi connectivity index (χ4v) is 3.57. The Morgan fingerprint density at radius 2 is 1.87 bits per heavy atom. The van der Waals surface area contributed by atoms with E-state index < -0.39 is 17.8 Å². The highest BCUT2D eigenvalue weighted by Crippen LogP contribution is 2.40. The molecule has 0 heterocycles. The molecule has 7 heteroatoms. The van der Waals surface area contributed by atoms with Crippen molar-refractivity contribution >= 4 is 5.91 Å². The monoisotopic (exact) mass is 419 g/mol. The van der Waals surface area contributed by atoms with E-state index in [1.54, 1.807) is 6.07 Å². The van der Waals surface area contributed by atoms with Crippen molar-refractivity contribution in [2.75, 3.05) is 6.54 Å². The van der Waals surface area contributed by atoms with E-state index in [9.17, 15) is 18.0 Å². The number of hydrogen-bond acceptors (Lipinski definition) is 3. The van der Waals surface area contributed by atoms with Gasteiger partial charge in [0.2, 0.25) is 5.91 Å². The number of benzene rings is 2. The minimum atomic E-state index is -4.40. The molecule has 1 aliphatic carbocycles. The molecule has 1 fully saturated rings. The fourth-order valence-electron chi connectivity index (χ4n) is 3.57. The summed E-state index contributed by atoms with van der Waals surface area (Å²) in [5, 5.41) is 6.16. The second-order valence-corrected chi connectivity index (χ2v) is 7.83. The highest BCUT2D eigenvalue weighted by Gasteiger charge is 2.37. The lowest BCUT2D eigenvalue weighted by Gasteiger charge is -2.13. The van der Waals surface area contributed by atoms with Gasteiger partial charge >= 0.3 is 6.18 Å². The van der Waals surface area contributed by atoms with Gasteiger partial charge in [0.1, 0.15) is 0 Å². The van der Waals surface area contributed by atoms with E-state index in [4.69, 9.17) is 5.73 Å². The summed E-state index contributed by atoms with van der Waals surface area (Å²) >= 11 is 0. The molecule has 4 nitrogen and oxygen atoms in total. The van der Waals surface area contributed by atoms with Gasteiger partial charge in [-0.2, -0.15) is 13.2 Å². The van der Waals surface area contributed by atoms with Crippen LogP contribution in [0, 0.1) is 0 Å². The third-order valence-corrected chi connectivity index (χ3v) is 5.42. The van der Waals surface area contributed by atoms with Gasteiger partial charge in [0.05, 0.1) is 11.6 Å². The molecule has 4 N–H and O–H groups in total. The second kappa shape index (κ2) is 10.1. The minimum absolute atomic E-state index is 0.0283. The molecule has 162 valence electrons. The molecule has 2 aromatic carbocycles. The summed E-state index contributed by atoms with van der Waals surface area (Å²) in [5.41, 5.74) is 6.96. The Morgan fingerprint density at radius 1 is 1.10 bits per heavy atom. The first-order valence-electron chi connectivity index (χ1n) is 10.3. The quantitative estimate of drug-likeness (QED) is 0.511. The summed E-state index contributed by atoms with van der Waals surface area (Å²) in [6.07, 6.45) is -0.961. The molecule has 3 rings (SSSR count). The van der Waals surface area contributed by atoms with Crippen LogP contribution in [0.25, 0.3) is 0 Å². The van der Waals surface area contributed by atoms with Crippen molar-refractivity contribution in [3.8, 4) is 0 Å². The summed E-state index contributed by atoms with van der Waals surface area (Å²) in [5.74, 6) is 0.252. The molecule has 0 radical (unpaired) electrons. The van der Waals surface area contributed by atoms with Gasteiger partial charge in [-0.1, -0.05) is 48.9 Å². The van der Waals surface area contributed by atoms with Gasteiger partial charge in [-0.3, -0.25) is 4.79 Å².